The van der Waals surface area contributed by atoms with Crippen LogP contribution in [0.25, 0.3) is 0 Å². The van der Waals surface area contributed by atoms with Crippen LogP contribution in [0.1, 0.15) is 18.4 Å². The molecule has 1 fully saturated rings. The third-order valence-electron chi connectivity index (χ3n) is 4.68. The highest BCUT2D eigenvalue weighted by molar-refractivity contribution is 6.30. The van der Waals surface area contributed by atoms with Crippen LogP contribution in [0.5, 0.6) is 5.75 Å². The molecule has 0 unspecified atom stereocenters. The summed E-state index contributed by atoms with van der Waals surface area (Å²) >= 11 is 5.93. The topological polar surface area (TPSA) is 52.6 Å². The van der Waals surface area contributed by atoms with Crippen LogP contribution in [0.3, 0.4) is 0 Å². The number of phenolic OH excluding ortho intramolecular Hbond substituents is 1. The number of carbonyl (C=O) groups is 1. The maximum absolute atomic E-state index is 12.1. The van der Waals surface area contributed by atoms with Gasteiger partial charge in [0.2, 0.25) is 5.91 Å². The predicted molar refractivity (Wildman–Crippen MR) is 101 cm³/mol. The molecule has 1 aliphatic rings. The number of anilines is 1. The Hall–Kier alpha value is -2.20. The number of hydrogen-bond donors (Lipinski definition) is 2. The number of nitrogens with one attached hydrogen (secondary N) is 1. The fourth-order valence-corrected chi connectivity index (χ4v) is 3.33. The van der Waals surface area contributed by atoms with Crippen molar-refractivity contribution in [2.45, 2.75) is 19.3 Å². The smallest absolute Gasteiger partial charge is 0.220 e. The number of hydrogen-bond acceptors (Lipinski definition) is 3. The fourth-order valence-electron chi connectivity index (χ4n) is 3.20. The first-order chi connectivity index (χ1) is 12.1. The van der Waals surface area contributed by atoms with Crippen LogP contribution in [-0.2, 0) is 11.2 Å². The molecule has 25 heavy (non-hydrogen) atoms. The molecule has 132 valence electrons. The minimum Gasteiger partial charge on any atom is -0.508 e. The van der Waals surface area contributed by atoms with Crippen molar-refractivity contribution in [1.82, 2.24) is 5.32 Å². The Balaban J connectivity index is 1.41. The lowest BCUT2D eigenvalue weighted by molar-refractivity contribution is -0.121. The van der Waals surface area contributed by atoms with E-state index >= 15 is 0 Å². The van der Waals surface area contributed by atoms with Gasteiger partial charge < -0.3 is 15.3 Å². The molecule has 0 aromatic heterocycles. The highest BCUT2D eigenvalue weighted by atomic mass is 35.5. The third-order valence-corrected chi connectivity index (χ3v) is 4.93. The SMILES string of the molecule is O=C(CCc1ccccc1O)NC[C@H]1CCN(c2ccc(Cl)cc2)C1. The van der Waals surface area contributed by atoms with Crippen molar-refractivity contribution in [3.8, 4) is 5.75 Å². The van der Waals surface area contributed by atoms with Crippen molar-refractivity contribution in [1.29, 1.82) is 0 Å². The molecule has 1 heterocycles. The highest BCUT2D eigenvalue weighted by Gasteiger charge is 2.23. The molecule has 1 saturated heterocycles. The maximum atomic E-state index is 12.1. The van der Waals surface area contributed by atoms with Crippen molar-refractivity contribution in [2.24, 2.45) is 5.92 Å². The number of nitrogens with zero attached hydrogens (tertiary/aromatic N) is 1. The first kappa shape index (κ1) is 17.6. The Labute approximate surface area is 153 Å². The number of aryl methyl sites for hydroxylation is 1. The Morgan fingerprint density at radius 3 is 2.72 bits per heavy atom. The molecule has 0 saturated carbocycles. The molecule has 2 aromatic rings. The van der Waals surface area contributed by atoms with Gasteiger partial charge in [-0.2, -0.15) is 0 Å². The van der Waals surface area contributed by atoms with E-state index in [4.69, 9.17) is 11.6 Å². The van der Waals surface area contributed by atoms with Gasteiger partial charge in [-0.3, -0.25) is 4.79 Å². The molecule has 1 amide bonds. The third kappa shape index (κ3) is 4.89. The van der Waals surface area contributed by atoms with Crippen molar-refractivity contribution in [3.05, 3.63) is 59.1 Å². The van der Waals surface area contributed by atoms with E-state index in [1.165, 1.54) is 5.69 Å². The second-order valence-corrected chi connectivity index (χ2v) is 6.95. The summed E-state index contributed by atoms with van der Waals surface area (Å²) in [4.78, 5) is 14.4. The summed E-state index contributed by atoms with van der Waals surface area (Å²) in [6.45, 7) is 2.64. The minimum absolute atomic E-state index is 0.0354. The zero-order chi connectivity index (χ0) is 17.6. The molecule has 1 atom stereocenters. The van der Waals surface area contributed by atoms with Crippen molar-refractivity contribution < 1.29 is 9.90 Å². The highest BCUT2D eigenvalue weighted by Crippen LogP contribution is 2.25. The molecule has 0 bridgehead atoms. The zero-order valence-electron chi connectivity index (χ0n) is 14.1. The molecular weight excluding hydrogens is 336 g/mol. The quantitative estimate of drug-likeness (QED) is 0.829. The van der Waals surface area contributed by atoms with Gasteiger partial charge in [0.15, 0.2) is 0 Å². The lowest BCUT2D eigenvalue weighted by Gasteiger charge is -2.19. The summed E-state index contributed by atoms with van der Waals surface area (Å²) in [6.07, 6.45) is 2.02. The predicted octanol–water partition coefficient (Wildman–Crippen LogP) is 3.62. The molecule has 0 radical (unpaired) electrons. The Morgan fingerprint density at radius 1 is 1.20 bits per heavy atom. The lowest BCUT2D eigenvalue weighted by atomic mass is 10.1. The summed E-state index contributed by atoms with van der Waals surface area (Å²) in [6, 6.07) is 15.0. The van der Waals surface area contributed by atoms with Gasteiger partial charge in [-0.25, -0.2) is 0 Å². The minimum atomic E-state index is 0.0354. The first-order valence-electron chi connectivity index (χ1n) is 8.66. The van der Waals surface area contributed by atoms with Crippen LogP contribution < -0.4 is 10.2 Å². The second kappa shape index (κ2) is 8.26. The van der Waals surface area contributed by atoms with E-state index in [0.717, 1.165) is 30.1 Å². The van der Waals surface area contributed by atoms with E-state index in [0.29, 0.717) is 25.3 Å². The molecule has 1 aliphatic heterocycles. The van der Waals surface area contributed by atoms with Gasteiger partial charge in [0.1, 0.15) is 5.75 Å². The number of carbonyl (C=O) groups excluding carboxylic acids is 1. The number of rotatable bonds is 6. The van der Waals surface area contributed by atoms with Crippen molar-refractivity contribution in [3.63, 3.8) is 0 Å². The van der Waals surface area contributed by atoms with Crippen LogP contribution in [0.2, 0.25) is 5.02 Å². The molecule has 4 nitrogen and oxygen atoms in total. The Morgan fingerprint density at radius 2 is 1.96 bits per heavy atom. The van der Waals surface area contributed by atoms with Crippen molar-refractivity contribution in [2.75, 3.05) is 24.5 Å². The molecule has 5 heteroatoms. The van der Waals surface area contributed by atoms with E-state index in [1.807, 2.05) is 36.4 Å². The van der Waals surface area contributed by atoms with E-state index in [9.17, 15) is 9.90 Å². The van der Waals surface area contributed by atoms with E-state index < -0.39 is 0 Å². The Kier molecular flexibility index (Phi) is 5.82. The van der Waals surface area contributed by atoms with E-state index in [1.54, 1.807) is 12.1 Å². The average Bonchev–Trinajstić information content (AvgIpc) is 3.09. The number of benzene rings is 2. The van der Waals surface area contributed by atoms with E-state index in [2.05, 4.69) is 10.2 Å². The van der Waals surface area contributed by atoms with Gasteiger partial charge >= 0.3 is 0 Å². The standard InChI is InChI=1S/C20H23ClN2O2/c21-17-6-8-18(9-7-17)23-12-11-15(14-23)13-22-20(25)10-5-16-3-1-2-4-19(16)24/h1-4,6-9,15,24H,5,10-14H2,(H,22,25)/t15-/m1/s1. The van der Waals surface area contributed by atoms with Crippen LogP contribution in [0.4, 0.5) is 5.69 Å². The Bertz CT molecular complexity index is 718. The molecule has 0 spiro atoms. The summed E-state index contributed by atoms with van der Waals surface area (Å²) in [5, 5.41) is 13.5. The lowest BCUT2D eigenvalue weighted by Crippen LogP contribution is -2.31. The summed E-state index contributed by atoms with van der Waals surface area (Å²) in [5.41, 5.74) is 1.99. The zero-order valence-corrected chi connectivity index (χ0v) is 14.9. The fraction of sp³-hybridized carbons (Fsp3) is 0.350. The van der Waals surface area contributed by atoms with Gasteiger partial charge in [0.25, 0.3) is 0 Å². The summed E-state index contributed by atoms with van der Waals surface area (Å²) < 4.78 is 0. The van der Waals surface area contributed by atoms with Gasteiger partial charge in [-0.1, -0.05) is 29.8 Å². The van der Waals surface area contributed by atoms with E-state index in [-0.39, 0.29) is 11.7 Å². The first-order valence-corrected chi connectivity index (χ1v) is 9.03. The van der Waals surface area contributed by atoms with Gasteiger partial charge in [-0.15, -0.1) is 0 Å². The second-order valence-electron chi connectivity index (χ2n) is 6.51. The van der Waals surface area contributed by atoms with Gasteiger partial charge in [-0.05, 0) is 54.7 Å². The van der Waals surface area contributed by atoms with Crippen LogP contribution in [0.15, 0.2) is 48.5 Å². The molecule has 3 rings (SSSR count). The largest absolute Gasteiger partial charge is 0.508 e. The molecule has 0 aliphatic carbocycles. The molecule has 2 aromatic carbocycles. The normalized spacial score (nSPS) is 16.8. The number of amides is 1. The van der Waals surface area contributed by atoms with Gasteiger partial charge in [0.05, 0.1) is 0 Å². The molecule has 2 N–H and O–H groups in total. The summed E-state index contributed by atoms with van der Waals surface area (Å²) in [7, 11) is 0. The van der Waals surface area contributed by atoms with Crippen molar-refractivity contribution >= 4 is 23.2 Å². The summed E-state index contributed by atoms with van der Waals surface area (Å²) in [5.74, 6) is 0.752. The number of phenols is 1. The number of aromatic hydroxyl groups is 1. The van der Waals surface area contributed by atoms with Crippen LogP contribution >= 0.6 is 11.6 Å². The number of para-hydroxylation sites is 1. The monoisotopic (exact) mass is 358 g/mol. The molecular formula is C20H23ClN2O2. The van der Waals surface area contributed by atoms with Gasteiger partial charge in [0, 0.05) is 36.8 Å². The van der Waals surface area contributed by atoms with Crippen LogP contribution in [-0.4, -0.2) is 30.6 Å². The number of halogens is 1. The maximum Gasteiger partial charge on any atom is 0.220 e. The average molecular weight is 359 g/mol. The van der Waals surface area contributed by atoms with Crippen LogP contribution in [0, 0.1) is 5.92 Å².